The van der Waals surface area contributed by atoms with Crippen LogP contribution in [0.2, 0.25) is 5.02 Å². The Hall–Kier alpha value is -2.33. The molecule has 4 nitrogen and oxygen atoms in total. The van der Waals surface area contributed by atoms with Crippen LogP contribution in [0.3, 0.4) is 0 Å². The lowest BCUT2D eigenvalue weighted by Gasteiger charge is -2.08. The van der Waals surface area contributed by atoms with Crippen LogP contribution in [-0.4, -0.2) is 15.5 Å². The Morgan fingerprint density at radius 1 is 1.18 bits per heavy atom. The molecule has 0 unspecified atom stereocenters. The number of amides is 1. The zero-order valence-electron chi connectivity index (χ0n) is 12.4. The van der Waals surface area contributed by atoms with Crippen LogP contribution in [0.5, 0.6) is 0 Å². The Bertz CT molecular complexity index is 837. The quantitative estimate of drug-likeness (QED) is 0.796. The number of hydrogen-bond acceptors (Lipinski definition) is 2. The lowest BCUT2D eigenvalue weighted by molar-refractivity contribution is -0.116. The van der Waals surface area contributed by atoms with Gasteiger partial charge in [-0.15, -0.1) is 0 Å². The molecule has 0 aliphatic carbocycles. The molecule has 1 aromatic heterocycles. The molecule has 0 spiro atoms. The van der Waals surface area contributed by atoms with Crippen LogP contribution in [-0.2, 0) is 11.3 Å². The predicted octanol–water partition coefficient (Wildman–Crippen LogP) is 3.95. The molecule has 1 amide bonds. The summed E-state index contributed by atoms with van der Waals surface area (Å²) in [5.41, 5.74) is 4.98. The highest BCUT2D eigenvalue weighted by atomic mass is 35.5. The molecule has 5 heteroatoms. The molecule has 0 saturated heterocycles. The molecule has 0 fully saturated rings. The Morgan fingerprint density at radius 3 is 2.59 bits per heavy atom. The molecule has 0 aliphatic rings. The smallest absolute Gasteiger partial charge is 0.244 e. The molecule has 0 bridgehead atoms. The molecular formula is C17H16ClN3O. The molecule has 1 heterocycles. The van der Waals surface area contributed by atoms with Crippen molar-refractivity contribution >= 4 is 34.2 Å². The molecule has 0 saturated carbocycles. The maximum Gasteiger partial charge on any atom is 0.244 e. The van der Waals surface area contributed by atoms with E-state index in [9.17, 15) is 4.79 Å². The van der Waals surface area contributed by atoms with E-state index in [0.717, 1.165) is 16.7 Å². The first-order chi connectivity index (χ1) is 10.5. The third-order valence-electron chi connectivity index (χ3n) is 3.68. The number of hydrogen-bond donors (Lipinski definition) is 1. The first kappa shape index (κ1) is 14.6. The molecule has 0 aliphatic heterocycles. The van der Waals surface area contributed by atoms with Gasteiger partial charge in [0.15, 0.2) is 0 Å². The number of anilines is 1. The van der Waals surface area contributed by atoms with Crippen molar-refractivity contribution in [3.63, 3.8) is 0 Å². The molecule has 22 heavy (non-hydrogen) atoms. The molecule has 112 valence electrons. The SMILES string of the molecule is Cc1cc2ncn(CC(=O)Nc3ccc(Cl)cc3)c2cc1C. The number of fused-ring (bicyclic) bond motifs is 1. The Morgan fingerprint density at radius 2 is 1.86 bits per heavy atom. The second kappa shape index (κ2) is 5.81. The van der Waals surface area contributed by atoms with Crippen LogP contribution in [0, 0.1) is 13.8 Å². The summed E-state index contributed by atoms with van der Waals surface area (Å²) in [7, 11) is 0. The van der Waals surface area contributed by atoms with Crippen molar-refractivity contribution in [2.75, 3.05) is 5.32 Å². The summed E-state index contributed by atoms with van der Waals surface area (Å²) in [6, 6.07) is 11.1. The highest BCUT2D eigenvalue weighted by molar-refractivity contribution is 6.30. The largest absolute Gasteiger partial charge is 0.325 e. The third kappa shape index (κ3) is 2.97. The van der Waals surface area contributed by atoms with Crippen molar-refractivity contribution in [3.8, 4) is 0 Å². The van der Waals surface area contributed by atoms with Crippen LogP contribution < -0.4 is 5.32 Å². The number of nitrogens with zero attached hydrogens (tertiary/aromatic N) is 2. The van der Waals surface area contributed by atoms with E-state index in [0.29, 0.717) is 5.02 Å². The van der Waals surface area contributed by atoms with Gasteiger partial charge in [-0.2, -0.15) is 0 Å². The van der Waals surface area contributed by atoms with E-state index < -0.39 is 0 Å². The van der Waals surface area contributed by atoms with Gasteiger partial charge in [-0.05, 0) is 61.4 Å². The van der Waals surface area contributed by atoms with Crippen LogP contribution in [0.15, 0.2) is 42.7 Å². The van der Waals surface area contributed by atoms with Gasteiger partial charge >= 0.3 is 0 Å². The summed E-state index contributed by atoms with van der Waals surface area (Å²) in [5, 5.41) is 3.49. The van der Waals surface area contributed by atoms with Gasteiger partial charge in [-0.1, -0.05) is 11.6 Å². The molecule has 2 aromatic carbocycles. The molecule has 0 atom stereocenters. The number of aryl methyl sites for hydroxylation is 2. The number of carbonyl (C=O) groups excluding carboxylic acids is 1. The minimum absolute atomic E-state index is 0.0974. The number of nitrogens with one attached hydrogen (secondary N) is 1. The lowest BCUT2D eigenvalue weighted by Crippen LogP contribution is -2.18. The average molecular weight is 314 g/mol. The van der Waals surface area contributed by atoms with Crippen LogP contribution in [0.4, 0.5) is 5.69 Å². The number of rotatable bonds is 3. The first-order valence-corrected chi connectivity index (χ1v) is 7.38. The number of imidazole rings is 1. The van der Waals surface area contributed by atoms with Crippen LogP contribution in [0.1, 0.15) is 11.1 Å². The number of carbonyl (C=O) groups is 1. The van der Waals surface area contributed by atoms with Gasteiger partial charge in [-0.3, -0.25) is 4.79 Å². The summed E-state index contributed by atoms with van der Waals surface area (Å²) < 4.78 is 1.85. The second-order valence-electron chi connectivity index (χ2n) is 5.35. The van der Waals surface area contributed by atoms with Crippen molar-refractivity contribution in [2.24, 2.45) is 0 Å². The summed E-state index contributed by atoms with van der Waals surface area (Å²) in [4.78, 5) is 16.5. The minimum Gasteiger partial charge on any atom is -0.325 e. The normalized spacial score (nSPS) is 10.9. The molecule has 3 rings (SSSR count). The topological polar surface area (TPSA) is 46.9 Å². The maximum atomic E-state index is 12.2. The Labute approximate surface area is 133 Å². The Kier molecular flexibility index (Phi) is 3.86. The van der Waals surface area contributed by atoms with Gasteiger partial charge in [0, 0.05) is 10.7 Å². The lowest BCUT2D eigenvalue weighted by atomic mass is 10.1. The van der Waals surface area contributed by atoms with Gasteiger partial charge < -0.3 is 9.88 Å². The van der Waals surface area contributed by atoms with E-state index in [-0.39, 0.29) is 12.5 Å². The summed E-state index contributed by atoms with van der Waals surface area (Å²) in [6.45, 7) is 4.34. The van der Waals surface area contributed by atoms with Gasteiger partial charge in [-0.25, -0.2) is 4.98 Å². The van der Waals surface area contributed by atoms with Crippen molar-refractivity contribution in [1.82, 2.24) is 9.55 Å². The summed E-state index contributed by atoms with van der Waals surface area (Å²) in [5.74, 6) is -0.0974. The maximum absolute atomic E-state index is 12.2. The van der Waals surface area contributed by atoms with Crippen molar-refractivity contribution in [2.45, 2.75) is 20.4 Å². The highest BCUT2D eigenvalue weighted by Crippen LogP contribution is 2.19. The molecule has 1 N–H and O–H groups in total. The zero-order valence-corrected chi connectivity index (χ0v) is 13.2. The van der Waals surface area contributed by atoms with Crippen molar-refractivity contribution in [1.29, 1.82) is 0 Å². The van der Waals surface area contributed by atoms with Crippen molar-refractivity contribution < 1.29 is 4.79 Å². The van der Waals surface area contributed by atoms with Gasteiger partial charge in [0.05, 0.1) is 17.4 Å². The molecule has 3 aromatic rings. The van der Waals surface area contributed by atoms with E-state index in [1.807, 2.05) is 10.6 Å². The minimum atomic E-state index is -0.0974. The van der Waals surface area contributed by atoms with Crippen LogP contribution >= 0.6 is 11.6 Å². The zero-order chi connectivity index (χ0) is 15.7. The van der Waals surface area contributed by atoms with Gasteiger partial charge in [0.25, 0.3) is 0 Å². The second-order valence-corrected chi connectivity index (χ2v) is 5.79. The Balaban J connectivity index is 1.79. The van der Waals surface area contributed by atoms with E-state index in [2.05, 4.69) is 30.2 Å². The summed E-state index contributed by atoms with van der Waals surface area (Å²) in [6.07, 6.45) is 1.70. The van der Waals surface area contributed by atoms with E-state index >= 15 is 0 Å². The fourth-order valence-corrected chi connectivity index (χ4v) is 2.45. The average Bonchev–Trinajstić information content (AvgIpc) is 2.84. The van der Waals surface area contributed by atoms with E-state index in [1.54, 1.807) is 30.6 Å². The first-order valence-electron chi connectivity index (χ1n) is 7.00. The summed E-state index contributed by atoms with van der Waals surface area (Å²) >= 11 is 5.83. The van der Waals surface area contributed by atoms with E-state index in [1.165, 1.54) is 11.1 Å². The van der Waals surface area contributed by atoms with Crippen LogP contribution in [0.25, 0.3) is 11.0 Å². The number of halogens is 1. The fraction of sp³-hybridized carbons (Fsp3) is 0.176. The van der Waals surface area contributed by atoms with Crippen molar-refractivity contribution in [3.05, 3.63) is 58.9 Å². The van der Waals surface area contributed by atoms with E-state index in [4.69, 9.17) is 11.6 Å². The van der Waals surface area contributed by atoms with Gasteiger partial charge in [0.2, 0.25) is 5.91 Å². The molecule has 0 radical (unpaired) electrons. The fourth-order valence-electron chi connectivity index (χ4n) is 2.33. The third-order valence-corrected chi connectivity index (χ3v) is 3.93. The van der Waals surface area contributed by atoms with Gasteiger partial charge in [0.1, 0.15) is 6.54 Å². The highest BCUT2D eigenvalue weighted by Gasteiger charge is 2.09. The standard InChI is InChI=1S/C17H16ClN3O/c1-11-7-15-16(8-12(11)2)21(10-19-15)9-17(22)20-14-5-3-13(18)4-6-14/h3-8,10H,9H2,1-2H3,(H,20,22). The number of aromatic nitrogens is 2. The number of benzene rings is 2. The monoisotopic (exact) mass is 313 g/mol. The molecular weight excluding hydrogens is 298 g/mol. The predicted molar refractivity (Wildman–Crippen MR) is 89.3 cm³/mol.